The third-order valence-corrected chi connectivity index (χ3v) is 7.24. The number of nitrogens with zero attached hydrogens (tertiary/aromatic N) is 1. The van der Waals surface area contributed by atoms with E-state index in [9.17, 15) is 13.2 Å². The molecular formula is C18H28ClN3O4S. The molecule has 0 radical (unpaired) electrons. The van der Waals surface area contributed by atoms with Crippen LogP contribution in [-0.2, 0) is 14.8 Å². The van der Waals surface area contributed by atoms with E-state index in [0.29, 0.717) is 31.6 Å². The number of anilines is 1. The Labute approximate surface area is 167 Å². The van der Waals surface area contributed by atoms with E-state index >= 15 is 0 Å². The molecule has 152 valence electrons. The normalized spacial score (nSPS) is 19.9. The second kappa shape index (κ2) is 8.77. The first-order chi connectivity index (χ1) is 12.4. The SMILES string of the molecule is COc1cc(NC(=O)C2(N)CCCCC2)ccc1S(=O)(=O)N1CCCC1.Cl. The molecule has 9 heteroatoms. The monoisotopic (exact) mass is 417 g/mol. The second-order valence-electron chi connectivity index (χ2n) is 7.15. The number of sulfonamides is 1. The van der Waals surface area contributed by atoms with Gasteiger partial charge < -0.3 is 15.8 Å². The maximum atomic E-state index is 12.8. The highest BCUT2D eigenvalue weighted by Crippen LogP contribution is 2.32. The van der Waals surface area contributed by atoms with Crippen LogP contribution in [0.5, 0.6) is 5.75 Å². The molecule has 1 amide bonds. The van der Waals surface area contributed by atoms with Gasteiger partial charge in [-0.05, 0) is 37.8 Å². The van der Waals surface area contributed by atoms with Crippen LogP contribution in [0.2, 0.25) is 0 Å². The Hall–Kier alpha value is -1.35. The second-order valence-corrected chi connectivity index (χ2v) is 9.05. The van der Waals surface area contributed by atoms with Crippen LogP contribution in [0.1, 0.15) is 44.9 Å². The van der Waals surface area contributed by atoms with Crippen molar-refractivity contribution in [1.82, 2.24) is 4.31 Å². The van der Waals surface area contributed by atoms with Gasteiger partial charge in [-0.2, -0.15) is 4.31 Å². The Morgan fingerprint density at radius 1 is 1.15 bits per heavy atom. The molecule has 1 aromatic rings. The average Bonchev–Trinajstić information content (AvgIpc) is 3.17. The Bertz CT molecular complexity index is 773. The van der Waals surface area contributed by atoms with Gasteiger partial charge in [-0.3, -0.25) is 4.79 Å². The predicted molar refractivity (Wildman–Crippen MR) is 107 cm³/mol. The zero-order valence-corrected chi connectivity index (χ0v) is 17.2. The Kier molecular flexibility index (Phi) is 7.13. The number of carbonyl (C=O) groups is 1. The van der Waals surface area contributed by atoms with Crippen LogP contribution >= 0.6 is 12.4 Å². The third-order valence-electron chi connectivity index (χ3n) is 5.30. The number of methoxy groups -OCH3 is 1. The van der Waals surface area contributed by atoms with Crippen molar-refractivity contribution in [2.45, 2.75) is 55.4 Å². The summed E-state index contributed by atoms with van der Waals surface area (Å²) >= 11 is 0. The lowest BCUT2D eigenvalue weighted by Crippen LogP contribution is -2.52. The number of amides is 1. The average molecular weight is 418 g/mol. The van der Waals surface area contributed by atoms with E-state index in [1.807, 2.05) is 0 Å². The first-order valence-electron chi connectivity index (χ1n) is 9.15. The van der Waals surface area contributed by atoms with Gasteiger partial charge in [0.1, 0.15) is 10.6 Å². The number of nitrogens with one attached hydrogen (secondary N) is 1. The summed E-state index contributed by atoms with van der Waals surface area (Å²) in [4.78, 5) is 12.7. The van der Waals surface area contributed by atoms with Gasteiger partial charge in [-0.1, -0.05) is 19.3 Å². The summed E-state index contributed by atoms with van der Waals surface area (Å²) < 4.78 is 32.3. The number of hydrogen-bond donors (Lipinski definition) is 2. The van der Waals surface area contributed by atoms with Crippen LogP contribution in [0.4, 0.5) is 5.69 Å². The number of rotatable bonds is 5. The van der Waals surface area contributed by atoms with Crippen molar-refractivity contribution in [3.05, 3.63) is 18.2 Å². The summed E-state index contributed by atoms with van der Waals surface area (Å²) in [5.41, 5.74) is 5.89. The molecule has 0 atom stereocenters. The highest BCUT2D eigenvalue weighted by atomic mass is 35.5. The molecule has 27 heavy (non-hydrogen) atoms. The summed E-state index contributed by atoms with van der Waals surface area (Å²) in [6.07, 6.45) is 6.06. The van der Waals surface area contributed by atoms with Gasteiger partial charge >= 0.3 is 0 Å². The lowest BCUT2D eigenvalue weighted by atomic mass is 9.82. The number of nitrogens with two attached hydrogens (primary N) is 1. The fourth-order valence-corrected chi connectivity index (χ4v) is 5.34. The molecule has 1 saturated heterocycles. The number of benzene rings is 1. The molecule has 0 aromatic heterocycles. The molecule has 1 aliphatic carbocycles. The van der Waals surface area contributed by atoms with Gasteiger partial charge in [-0.25, -0.2) is 8.42 Å². The van der Waals surface area contributed by atoms with Gasteiger partial charge in [0.2, 0.25) is 15.9 Å². The number of carbonyl (C=O) groups excluding carboxylic acids is 1. The largest absolute Gasteiger partial charge is 0.495 e. The fourth-order valence-electron chi connectivity index (χ4n) is 3.69. The first-order valence-corrected chi connectivity index (χ1v) is 10.6. The predicted octanol–water partition coefficient (Wildman–Crippen LogP) is 2.50. The molecule has 7 nitrogen and oxygen atoms in total. The Morgan fingerprint density at radius 2 is 1.78 bits per heavy atom. The van der Waals surface area contributed by atoms with Crippen molar-refractivity contribution in [2.75, 3.05) is 25.5 Å². The van der Waals surface area contributed by atoms with E-state index in [-0.39, 0.29) is 29.0 Å². The molecule has 1 heterocycles. The minimum absolute atomic E-state index is 0. The van der Waals surface area contributed by atoms with E-state index < -0.39 is 15.6 Å². The standard InChI is InChI=1S/C18H27N3O4S.ClH/c1-25-15-13-14(20-17(22)18(19)9-3-2-4-10-18)7-8-16(15)26(23,24)21-11-5-6-12-21;/h7-8,13H,2-6,9-12,19H2,1H3,(H,20,22);1H. The smallest absolute Gasteiger partial charge is 0.246 e. The first kappa shape index (κ1) is 21.9. The molecule has 1 saturated carbocycles. The number of ether oxygens (including phenoxy) is 1. The van der Waals surface area contributed by atoms with Crippen LogP contribution < -0.4 is 15.8 Å². The molecule has 3 rings (SSSR count). The van der Waals surface area contributed by atoms with E-state index in [0.717, 1.165) is 32.1 Å². The van der Waals surface area contributed by atoms with Crippen molar-refractivity contribution in [1.29, 1.82) is 0 Å². The van der Waals surface area contributed by atoms with E-state index in [1.165, 1.54) is 17.5 Å². The maximum Gasteiger partial charge on any atom is 0.246 e. The minimum Gasteiger partial charge on any atom is -0.495 e. The van der Waals surface area contributed by atoms with Gasteiger partial charge in [0.05, 0.1) is 12.6 Å². The zero-order chi connectivity index (χ0) is 18.8. The van der Waals surface area contributed by atoms with Gasteiger partial charge in [0.25, 0.3) is 0 Å². The van der Waals surface area contributed by atoms with Gasteiger partial charge in [0.15, 0.2) is 0 Å². The quantitative estimate of drug-likeness (QED) is 0.766. The summed E-state index contributed by atoms with van der Waals surface area (Å²) in [6, 6.07) is 4.63. The van der Waals surface area contributed by atoms with Crippen LogP contribution in [0, 0.1) is 0 Å². The molecule has 3 N–H and O–H groups in total. The zero-order valence-electron chi connectivity index (χ0n) is 15.6. The summed E-state index contributed by atoms with van der Waals surface area (Å²) in [6.45, 7) is 1.05. The molecule has 1 aromatic carbocycles. The Balaban J connectivity index is 0.00000261. The molecule has 0 unspecified atom stereocenters. The van der Waals surface area contributed by atoms with E-state index in [4.69, 9.17) is 10.5 Å². The lowest BCUT2D eigenvalue weighted by Gasteiger charge is -2.31. The molecule has 2 aliphatic rings. The third kappa shape index (κ3) is 4.56. The molecular weight excluding hydrogens is 390 g/mol. The van der Waals surface area contributed by atoms with E-state index in [2.05, 4.69) is 5.32 Å². The molecule has 1 aliphatic heterocycles. The highest BCUT2D eigenvalue weighted by molar-refractivity contribution is 7.89. The number of halogens is 1. The van der Waals surface area contributed by atoms with Crippen molar-refractivity contribution >= 4 is 34.0 Å². The topological polar surface area (TPSA) is 102 Å². The highest BCUT2D eigenvalue weighted by Gasteiger charge is 2.35. The van der Waals surface area contributed by atoms with Crippen LogP contribution in [-0.4, -0.2) is 44.4 Å². The lowest BCUT2D eigenvalue weighted by molar-refractivity contribution is -0.122. The fraction of sp³-hybridized carbons (Fsp3) is 0.611. The van der Waals surface area contributed by atoms with Gasteiger partial charge in [0, 0.05) is 24.8 Å². The Morgan fingerprint density at radius 3 is 2.37 bits per heavy atom. The van der Waals surface area contributed by atoms with Gasteiger partial charge in [-0.15, -0.1) is 12.4 Å². The summed E-state index contributed by atoms with van der Waals surface area (Å²) in [5.74, 6) is -0.00109. The molecule has 0 bridgehead atoms. The van der Waals surface area contributed by atoms with E-state index in [1.54, 1.807) is 12.1 Å². The minimum atomic E-state index is -3.59. The van der Waals surface area contributed by atoms with Crippen molar-refractivity contribution in [3.63, 3.8) is 0 Å². The van der Waals surface area contributed by atoms with Crippen LogP contribution in [0.25, 0.3) is 0 Å². The van der Waals surface area contributed by atoms with Crippen molar-refractivity contribution in [2.24, 2.45) is 5.73 Å². The van der Waals surface area contributed by atoms with Crippen LogP contribution in [0.3, 0.4) is 0 Å². The summed E-state index contributed by atoms with van der Waals surface area (Å²) in [5, 5.41) is 2.82. The van der Waals surface area contributed by atoms with Crippen molar-refractivity contribution in [3.8, 4) is 5.75 Å². The van der Waals surface area contributed by atoms with Crippen LogP contribution in [0.15, 0.2) is 23.1 Å². The molecule has 2 fully saturated rings. The van der Waals surface area contributed by atoms with Crippen molar-refractivity contribution < 1.29 is 17.9 Å². The molecule has 0 spiro atoms. The number of hydrogen-bond acceptors (Lipinski definition) is 5. The maximum absolute atomic E-state index is 12.8. The summed E-state index contributed by atoms with van der Waals surface area (Å²) in [7, 11) is -2.16.